The van der Waals surface area contributed by atoms with Crippen molar-refractivity contribution in [2.75, 3.05) is 19.0 Å². The Labute approximate surface area is 312 Å². The number of benzene rings is 2. The van der Waals surface area contributed by atoms with Crippen LogP contribution in [0, 0.1) is 0 Å². The van der Waals surface area contributed by atoms with E-state index in [9.17, 15) is 19.2 Å². The molecule has 53 heavy (non-hydrogen) atoms. The van der Waals surface area contributed by atoms with Crippen molar-refractivity contribution in [3.05, 3.63) is 115 Å². The molecule has 272 valence electrons. The van der Waals surface area contributed by atoms with Gasteiger partial charge in [-0.05, 0) is 62.1 Å². The van der Waals surface area contributed by atoms with E-state index in [-0.39, 0.29) is 29.8 Å². The van der Waals surface area contributed by atoms with Gasteiger partial charge in [0, 0.05) is 6.04 Å². The molecule has 1 aliphatic carbocycles. The lowest BCUT2D eigenvalue weighted by Crippen LogP contribution is -2.39. The number of hydrogen-bond donors (Lipinski definition) is 2. The van der Waals surface area contributed by atoms with E-state index in [1.807, 2.05) is 54.6 Å². The molecular formula is C38H37N7O6S2. The Morgan fingerprint density at radius 2 is 1.75 bits per heavy atom. The second-order valence-corrected chi connectivity index (χ2v) is 14.7. The molecule has 13 nitrogen and oxygen atoms in total. The molecule has 15 heteroatoms. The molecule has 0 bridgehead atoms. The maximum absolute atomic E-state index is 13.9. The van der Waals surface area contributed by atoms with Gasteiger partial charge in [-0.1, -0.05) is 78.3 Å². The number of rotatable bonds is 9. The molecule has 2 amide bonds. The van der Waals surface area contributed by atoms with Crippen molar-refractivity contribution in [1.29, 1.82) is 0 Å². The molecule has 0 radical (unpaired) electrons. The summed E-state index contributed by atoms with van der Waals surface area (Å²) in [5, 5.41) is 14.8. The summed E-state index contributed by atoms with van der Waals surface area (Å²) in [6.07, 6.45) is 8.74. The number of nitrogens with zero attached hydrogens (tertiary/aromatic N) is 5. The van der Waals surface area contributed by atoms with Crippen molar-refractivity contribution in [2.45, 2.75) is 58.0 Å². The van der Waals surface area contributed by atoms with Gasteiger partial charge in [0.25, 0.3) is 5.56 Å². The van der Waals surface area contributed by atoms with Crippen LogP contribution in [0.2, 0.25) is 0 Å². The zero-order chi connectivity index (χ0) is 37.1. The number of allylic oxidation sites excluding steroid dienone is 1. The van der Waals surface area contributed by atoms with Gasteiger partial charge in [-0.15, -0.1) is 16.4 Å². The fraction of sp³-hybridized carbons (Fsp3) is 0.289. The Bertz CT molecular complexity index is 2390. The molecule has 5 aromatic rings. The highest BCUT2D eigenvalue weighted by Crippen LogP contribution is 2.35. The predicted octanol–water partition coefficient (Wildman–Crippen LogP) is 5.35. The smallest absolute Gasteiger partial charge is 0.340 e. The number of fused-ring (bicyclic) bond motifs is 1. The first kappa shape index (κ1) is 35.7. The fourth-order valence-corrected chi connectivity index (χ4v) is 8.60. The third kappa shape index (κ3) is 7.48. The van der Waals surface area contributed by atoms with E-state index in [2.05, 4.69) is 25.9 Å². The molecule has 0 saturated heterocycles. The molecule has 1 unspecified atom stereocenters. The summed E-state index contributed by atoms with van der Waals surface area (Å²) in [7, 11) is 1.29. The first-order chi connectivity index (χ1) is 25.7. The van der Waals surface area contributed by atoms with E-state index in [1.54, 1.807) is 41.4 Å². The number of aromatic nitrogens is 4. The van der Waals surface area contributed by atoms with Gasteiger partial charge in [0.05, 0.1) is 57.9 Å². The molecule has 7 rings (SSSR count). The third-order valence-corrected chi connectivity index (χ3v) is 11.2. The predicted molar refractivity (Wildman–Crippen MR) is 202 cm³/mol. The second-order valence-electron chi connectivity index (χ2n) is 12.6. The van der Waals surface area contributed by atoms with Crippen LogP contribution in [0.1, 0.15) is 73.5 Å². The number of urea groups is 1. The van der Waals surface area contributed by atoms with E-state index in [0.717, 1.165) is 42.5 Å². The number of esters is 2. The first-order valence-electron chi connectivity index (χ1n) is 17.3. The summed E-state index contributed by atoms with van der Waals surface area (Å²) in [5.41, 5.74) is 3.62. The number of carbonyl (C=O) groups excluding carboxylic acids is 3. The van der Waals surface area contributed by atoms with E-state index >= 15 is 0 Å². The number of methoxy groups -OCH3 is 1. The second kappa shape index (κ2) is 15.5. The molecule has 4 heterocycles. The third-order valence-electron chi connectivity index (χ3n) is 9.14. The monoisotopic (exact) mass is 751 g/mol. The zero-order valence-corrected chi connectivity index (χ0v) is 31.0. The van der Waals surface area contributed by atoms with Crippen molar-refractivity contribution in [3.63, 3.8) is 0 Å². The molecule has 1 aliphatic heterocycles. The Morgan fingerprint density at radius 1 is 1.00 bits per heavy atom. The van der Waals surface area contributed by atoms with Crippen LogP contribution in [-0.2, 0) is 14.3 Å². The number of thiazole rings is 1. The Balaban J connectivity index is 1.13. The molecule has 2 aliphatic rings. The summed E-state index contributed by atoms with van der Waals surface area (Å²) in [6, 6.07) is 17.6. The lowest BCUT2D eigenvalue weighted by atomic mass is 9.96. The van der Waals surface area contributed by atoms with Gasteiger partial charge >= 0.3 is 18.0 Å². The van der Waals surface area contributed by atoms with Gasteiger partial charge in [0.1, 0.15) is 10.7 Å². The number of hydrogen-bond acceptors (Lipinski definition) is 11. The van der Waals surface area contributed by atoms with Crippen LogP contribution in [0.5, 0.6) is 0 Å². The first-order valence-corrected chi connectivity index (χ1v) is 18.9. The lowest BCUT2D eigenvalue weighted by Gasteiger charge is -2.24. The maximum Gasteiger partial charge on any atom is 0.340 e. The summed E-state index contributed by atoms with van der Waals surface area (Å²) in [4.78, 5) is 58.2. The van der Waals surface area contributed by atoms with Crippen LogP contribution in [0.3, 0.4) is 0 Å². The quantitative estimate of drug-likeness (QED) is 0.191. The minimum Gasteiger partial charge on any atom is -0.465 e. The molecule has 1 atom stereocenters. The van der Waals surface area contributed by atoms with E-state index < -0.39 is 18.0 Å². The van der Waals surface area contributed by atoms with Crippen molar-refractivity contribution >= 4 is 51.7 Å². The number of nitrogens with one attached hydrogen (secondary N) is 2. The van der Waals surface area contributed by atoms with E-state index in [1.165, 1.54) is 36.2 Å². The van der Waals surface area contributed by atoms with Crippen LogP contribution in [0.15, 0.2) is 87.9 Å². The average Bonchev–Trinajstić information content (AvgIpc) is 3.90. The van der Waals surface area contributed by atoms with Crippen molar-refractivity contribution < 1.29 is 23.9 Å². The highest BCUT2D eigenvalue weighted by atomic mass is 32.1. The van der Waals surface area contributed by atoms with Gasteiger partial charge in [-0.25, -0.2) is 24.1 Å². The molecule has 2 aromatic carbocycles. The van der Waals surface area contributed by atoms with Gasteiger partial charge < -0.3 is 14.8 Å². The van der Waals surface area contributed by atoms with Crippen molar-refractivity contribution in [2.24, 2.45) is 4.99 Å². The Morgan fingerprint density at radius 3 is 2.47 bits per heavy atom. The molecule has 2 N–H and O–H groups in total. The zero-order valence-electron chi connectivity index (χ0n) is 29.3. The maximum atomic E-state index is 13.9. The largest absolute Gasteiger partial charge is 0.465 e. The molecule has 1 saturated carbocycles. The highest BCUT2D eigenvalue weighted by Gasteiger charge is 2.33. The highest BCUT2D eigenvalue weighted by molar-refractivity contribution is 7.20. The van der Waals surface area contributed by atoms with Gasteiger partial charge in [-0.2, -0.15) is 0 Å². The number of anilines is 1. The van der Waals surface area contributed by atoms with E-state index in [4.69, 9.17) is 9.47 Å². The standard InChI is InChI=1S/C38H37N7O6S2/c1-4-51-36(48)31-22(2)39-38-45(32(31)24-11-7-5-8-12-24)34(46)30(53-38)19-23-15-17-26(18-16-23)44-21-28(42-43-44)29-20-27(35(47)50-3)33(52-29)41-37(49)40-25-13-9-6-10-14-25/h5,7-8,11-12,15-21,25,32H,4,6,9-10,13-14H2,1-3H3,(H2,40,41,49)/b30-19+. The van der Waals surface area contributed by atoms with Crippen LogP contribution in [0.25, 0.3) is 22.3 Å². The van der Waals surface area contributed by atoms with E-state index in [0.29, 0.717) is 36.2 Å². The summed E-state index contributed by atoms with van der Waals surface area (Å²) >= 11 is 2.47. The number of carbonyl (C=O) groups is 3. The number of ether oxygens (including phenoxy) is 2. The molecular weight excluding hydrogens is 715 g/mol. The lowest BCUT2D eigenvalue weighted by molar-refractivity contribution is -0.139. The molecule has 0 spiro atoms. The molecule has 3 aromatic heterocycles. The van der Waals surface area contributed by atoms with Crippen molar-refractivity contribution in [3.8, 4) is 16.3 Å². The van der Waals surface area contributed by atoms with Crippen LogP contribution in [0.4, 0.5) is 9.80 Å². The topological polar surface area (TPSA) is 159 Å². The van der Waals surface area contributed by atoms with Gasteiger partial charge in [0.2, 0.25) is 0 Å². The Kier molecular flexibility index (Phi) is 10.5. The van der Waals surface area contributed by atoms with Crippen molar-refractivity contribution in [1.82, 2.24) is 24.9 Å². The Hall–Kier alpha value is -5.67. The summed E-state index contributed by atoms with van der Waals surface area (Å²) < 4.78 is 14.0. The van der Waals surface area contributed by atoms with Crippen LogP contribution in [-0.4, -0.2) is 57.3 Å². The summed E-state index contributed by atoms with van der Waals surface area (Å²) in [5.74, 6) is -1.07. The summed E-state index contributed by atoms with van der Waals surface area (Å²) in [6.45, 7) is 3.71. The minimum absolute atomic E-state index is 0.112. The van der Waals surface area contributed by atoms with Crippen LogP contribution >= 0.6 is 22.7 Å². The minimum atomic E-state index is -0.671. The van der Waals surface area contributed by atoms with Gasteiger partial charge in [-0.3, -0.25) is 14.7 Å². The fourth-order valence-electron chi connectivity index (χ4n) is 6.56. The molecule has 1 fully saturated rings. The van der Waals surface area contributed by atoms with Gasteiger partial charge in [0.15, 0.2) is 4.80 Å². The average molecular weight is 752 g/mol. The van der Waals surface area contributed by atoms with Crippen LogP contribution < -0.4 is 25.5 Å². The number of amides is 2. The number of thiophene rings is 1. The normalized spacial score (nSPS) is 16.1. The SMILES string of the molecule is CCOC(=O)C1=C(C)N=c2s/c(=C/c3ccc(-n4cc(-c5cc(C(=O)OC)c(NC(=O)NC6CCCCC6)s5)nn4)cc3)c(=O)n2C1c1ccccc1.